The van der Waals surface area contributed by atoms with Crippen molar-refractivity contribution in [1.29, 1.82) is 0 Å². The quantitative estimate of drug-likeness (QED) is 0.783. The summed E-state index contributed by atoms with van der Waals surface area (Å²) in [7, 11) is -1.35. The van der Waals surface area contributed by atoms with Crippen LogP contribution in [0.25, 0.3) is 5.57 Å². The number of benzene rings is 2. The third-order valence-electron chi connectivity index (χ3n) is 3.13. The highest BCUT2D eigenvalue weighted by Crippen LogP contribution is 2.25. The lowest BCUT2D eigenvalue weighted by Gasteiger charge is -2.10. The Bertz CT molecular complexity index is 727. The van der Waals surface area contributed by atoms with Crippen molar-refractivity contribution in [1.82, 2.24) is 0 Å². The molecule has 0 amide bonds. The molecule has 2 rings (SSSR count). The summed E-state index contributed by atoms with van der Waals surface area (Å²) in [5, 5.41) is 0. The highest BCUT2D eigenvalue weighted by molar-refractivity contribution is 7.85. The van der Waals surface area contributed by atoms with Gasteiger partial charge in [-0.15, -0.1) is 0 Å². The molecule has 1 atom stereocenters. The van der Waals surface area contributed by atoms with E-state index in [9.17, 15) is 9.00 Å². The molecule has 2 nitrogen and oxygen atoms in total. The Morgan fingerprint density at radius 1 is 1.10 bits per heavy atom. The Hall–Kier alpha value is -2.26. The van der Waals surface area contributed by atoms with Gasteiger partial charge in [0.15, 0.2) is 5.78 Å². The average molecular weight is 296 g/mol. The van der Waals surface area contributed by atoms with Gasteiger partial charge in [0.1, 0.15) is 0 Å². The van der Waals surface area contributed by atoms with Gasteiger partial charge in [-0.3, -0.25) is 4.79 Å². The minimum Gasteiger partial charge on any atom is -0.289 e. The van der Waals surface area contributed by atoms with E-state index in [0.717, 1.165) is 5.56 Å². The third-order valence-corrected chi connectivity index (χ3v) is 4.59. The Kier molecular flexibility index (Phi) is 4.66. The first-order chi connectivity index (χ1) is 10.0. The lowest BCUT2D eigenvalue weighted by molar-refractivity contribution is -0.109. The fraction of sp³-hybridized carbons (Fsp3) is 0.0556. The minimum absolute atomic E-state index is 0.261. The monoisotopic (exact) mass is 296 g/mol. The van der Waals surface area contributed by atoms with Crippen molar-refractivity contribution in [3.63, 3.8) is 0 Å². The molecule has 0 saturated carbocycles. The average Bonchev–Trinajstić information content (AvgIpc) is 2.53. The van der Waals surface area contributed by atoms with Crippen LogP contribution in [-0.4, -0.2) is 9.99 Å². The first-order valence-electron chi connectivity index (χ1n) is 6.48. The summed E-state index contributed by atoms with van der Waals surface area (Å²) >= 11 is 0. The predicted octanol–water partition coefficient (Wildman–Crippen LogP) is 3.93. The second-order valence-corrected chi connectivity index (χ2v) is 6.07. The summed E-state index contributed by atoms with van der Waals surface area (Å²) in [6.45, 7) is 9.23. The summed E-state index contributed by atoms with van der Waals surface area (Å²) in [6, 6.07) is 14.6. The van der Waals surface area contributed by atoms with E-state index in [2.05, 4.69) is 13.2 Å². The van der Waals surface area contributed by atoms with Crippen molar-refractivity contribution in [3.05, 3.63) is 78.9 Å². The lowest BCUT2D eigenvalue weighted by Crippen LogP contribution is -2.02. The molecular weight excluding hydrogens is 280 g/mol. The van der Waals surface area contributed by atoms with Crippen LogP contribution in [0, 0.1) is 6.92 Å². The summed E-state index contributed by atoms with van der Waals surface area (Å²) in [6.07, 6.45) is 1.22. The van der Waals surface area contributed by atoms with Crippen LogP contribution in [0.5, 0.6) is 0 Å². The van der Waals surface area contributed by atoms with E-state index in [-0.39, 0.29) is 5.78 Å². The highest BCUT2D eigenvalue weighted by Gasteiger charge is 2.16. The maximum Gasteiger partial charge on any atom is 0.185 e. The van der Waals surface area contributed by atoms with Crippen LogP contribution >= 0.6 is 0 Å². The zero-order chi connectivity index (χ0) is 15.4. The number of ketones is 1. The summed E-state index contributed by atoms with van der Waals surface area (Å²) in [5.74, 6) is -0.261. The van der Waals surface area contributed by atoms with Crippen molar-refractivity contribution in [2.75, 3.05) is 0 Å². The van der Waals surface area contributed by atoms with Crippen LogP contribution in [-0.2, 0) is 15.6 Å². The zero-order valence-corrected chi connectivity index (χ0v) is 12.7. The van der Waals surface area contributed by atoms with Gasteiger partial charge in [-0.2, -0.15) is 0 Å². The molecule has 0 aromatic heterocycles. The standard InChI is InChI=1S/C18H16O2S/c1-4-17(19)14(3)16-7-5-6-8-18(16)21(20)15-11-9-13(2)10-12-15/h4-12H,1,3H2,2H3/t21-/m0/s1. The first-order valence-corrected chi connectivity index (χ1v) is 7.63. The smallest absolute Gasteiger partial charge is 0.185 e. The van der Waals surface area contributed by atoms with Gasteiger partial charge in [-0.05, 0) is 31.2 Å². The van der Waals surface area contributed by atoms with Gasteiger partial charge in [0, 0.05) is 16.0 Å². The normalized spacial score (nSPS) is 11.7. The Morgan fingerprint density at radius 3 is 2.33 bits per heavy atom. The molecule has 2 aromatic rings. The first kappa shape index (κ1) is 15.1. The number of aryl methyl sites for hydroxylation is 1. The molecule has 0 heterocycles. The summed E-state index contributed by atoms with van der Waals surface area (Å²) in [5.41, 5.74) is 2.01. The Morgan fingerprint density at radius 2 is 1.71 bits per heavy atom. The van der Waals surface area contributed by atoms with Crippen LogP contribution < -0.4 is 0 Å². The molecule has 0 radical (unpaired) electrons. The fourth-order valence-electron chi connectivity index (χ4n) is 1.92. The van der Waals surface area contributed by atoms with Gasteiger partial charge in [0.05, 0.1) is 15.7 Å². The van der Waals surface area contributed by atoms with Crippen LogP contribution in [0.15, 0.2) is 77.6 Å². The van der Waals surface area contributed by atoms with Crippen molar-refractivity contribution < 1.29 is 9.00 Å². The van der Waals surface area contributed by atoms with Gasteiger partial charge in [-0.1, -0.05) is 49.1 Å². The topological polar surface area (TPSA) is 34.1 Å². The molecule has 0 bridgehead atoms. The number of hydrogen-bond acceptors (Lipinski definition) is 2. The largest absolute Gasteiger partial charge is 0.289 e. The molecule has 0 aliphatic heterocycles. The maximum atomic E-state index is 12.7. The maximum absolute atomic E-state index is 12.7. The van der Waals surface area contributed by atoms with Gasteiger partial charge in [-0.25, -0.2) is 4.21 Å². The molecular formula is C18H16O2S. The molecule has 106 valence electrons. The lowest BCUT2D eigenvalue weighted by atomic mass is 10.0. The van der Waals surface area contributed by atoms with Crippen LogP contribution in [0.1, 0.15) is 11.1 Å². The van der Waals surface area contributed by atoms with Gasteiger partial charge in [0.25, 0.3) is 0 Å². The molecule has 0 N–H and O–H groups in total. The van der Waals surface area contributed by atoms with Crippen LogP contribution in [0.4, 0.5) is 0 Å². The van der Waals surface area contributed by atoms with Gasteiger partial charge in [0.2, 0.25) is 0 Å². The van der Waals surface area contributed by atoms with Crippen molar-refractivity contribution in [2.45, 2.75) is 16.7 Å². The third kappa shape index (κ3) is 3.26. The van der Waals surface area contributed by atoms with Crippen LogP contribution in [0.3, 0.4) is 0 Å². The number of allylic oxidation sites excluding steroid dienone is 2. The van der Waals surface area contributed by atoms with E-state index in [0.29, 0.717) is 20.9 Å². The van der Waals surface area contributed by atoms with E-state index < -0.39 is 10.8 Å². The number of carbonyl (C=O) groups excluding carboxylic acids is 1. The molecule has 0 aliphatic rings. The van der Waals surface area contributed by atoms with E-state index >= 15 is 0 Å². The molecule has 0 unspecified atom stereocenters. The van der Waals surface area contributed by atoms with Crippen molar-refractivity contribution >= 4 is 22.2 Å². The van der Waals surface area contributed by atoms with Gasteiger partial charge < -0.3 is 0 Å². The fourth-order valence-corrected chi connectivity index (χ4v) is 3.15. The molecule has 0 spiro atoms. The Labute approximate surface area is 127 Å². The van der Waals surface area contributed by atoms with E-state index in [1.807, 2.05) is 31.2 Å². The number of hydrogen-bond donors (Lipinski definition) is 0. The molecule has 0 saturated heterocycles. The molecule has 3 heteroatoms. The highest BCUT2D eigenvalue weighted by atomic mass is 32.2. The second kappa shape index (κ2) is 6.46. The SMILES string of the molecule is C=CC(=O)C(=C)c1ccccc1[S@@](=O)c1ccc(C)cc1. The zero-order valence-electron chi connectivity index (χ0n) is 11.8. The predicted molar refractivity (Wildman–Crippen MR) is 86.5 cm³/mol. The van der Waals surface area contributed by atoms with Crippen molar-refractivity contribution in [3.8, 4) is 0 Å². The van der Waals surface area contributed by atoms with E-state index in [4.69, 9.17) is 0 Å². The van der Waals surface area contributed by atoms with E-state index in [1.165, 1.54) is 6.08 Å². The molecule has 0 fully saturated rings. The second-order valence-electron chi connectivity index (χ2n) is 4.62. The van der Waals surface area contributed by atoms with Crippen molar-refractivity contribution in [2.24, 2.45) is 0 Å². The van der Waals surface area contributed by atoms with E-state index in [1.54, 1.807) is 24.3 Å². The molecule has 0 aliphatic carbocycles. The Balaban J connectivity index is 2.47. The summed E-state index contributed by atoms with van der Waals surface area (Å²) < 4.78 is 12.7. The number of carbonyl (C=O) groups is 1. The molecule has 2 aromatic carbocycles. The number of rotatable bonds is 5. The van der Waals surface area contributed by atoms with Crippen LogP contribution in [0.2, 0.25) is 0 Å². The summed E-state index contributed by atoms with van der Waals surface area (Å²) in [4.78, 5) is 13.0. The molecule has 21 heavy (non-hydrogen) atoms. The van der Waals surface area contributed by atoms with Gasteiger partial charge >= 0.3 is 0 Å². The minimum atomic E-state index is -1.35.